The first-order valence-corrected chi connectivity index (χ1v) is 25.5. The Morgan fingerprint density at radius 3 is 1.89 bits per heavy atom. The molecule has 348 valence electrons. The van der Waals surface area contributed by atoms with Crippen LogP contribution in [0.15, 0.2) is 114 Å². The van der Waals surface area contributed by atoms with Crippen LogP contribution in [0.25, 0.3) is 0 Å². The van der Waals surface area contributed by atoms with E-state index in [1.54, 1.807) is 44.6 Å². The molecule has 3 atom stereocenters. The van der Waals surface area contributed by atoms with Crippen LogP contribution in [0.4, 0.5) is 0 Å². The Morgan fingerprint density at radius 2 is 1.34 bits per heavy atom. The van der Waals surface area contributed by atoms with Gasteiger partial charge in [-0.05, 0) is 84.8 Å². The van der Waals surface area contributed by atoms with Crippen LogP contribution in [0.5, 0.6) is 11.5 Å². The standard InChI is InChI=1S/C52H67N3O9Si/c1-51(2,3)65(7,8)64-45-34-42(37-63-52(39-20-14-10-15-21-39,40-23-27-43(60-4)28-24-40)41-25-29-44(61-5)30-26-41)55(36-45)49(58)22-16-11-17-33-53-48(57)32-31-46(50(59)62-6)54-35-47(56)38-18-12-9-13-19-38/h9-10,12-15,18-21,23-30,35,42,45-46H,11,16-17,22,31-34,36-37H2,1-8H3,(H,53,57)/t42-,45+,46+/m0/s1. The Bertz CT molecular complexity index is 2130. The minimum absolute atomic E-state index is 0.00299. The molecule has 0 radical (unpaired) electrons. The molecule has 0 unspecified atom stereocenters. The minimum atomic E-state index is -2.17. The lowest BCUT2D eigenvalue weighted by Gasteiger charge is -2.38. The summed E-state index contributed by atoms with van der Waals surface area (Å²) in [6, 6.07) is 33.4. The summed E-state index contributed by atoms with van der Waals surface area (Å²) in [5.41, 5.74) is 2.19. The normalized spacial score (nSPS) is 16.0. The van der Waals surface area contributed by atoms with E-state index in [1.165, 1.54) is 7.11 Å². The third kappa shape index (κ3) is 13.5. The highest BCUT2D eigenvalue weighted by atomic mass is 28.4. The molecular formula is C52H67N3O9Si. The first-order chi connectivity index (χ1) is 31.1. The molecule has 13 heteroatoms. The number of carbonyl (C=O) groups excluding carboxylic acids is 4. The number of aliphatic imine (C=N–C) groups is 1. The van der Waals surface area contributed by atoms with E-state index in [4.69, 9.17) is 23.4 Å². The van der Waals surface area contributed by atoms with E-state index < -0.39 is 25.9 Å². The number of ether oxygens (including phenoxy) is 4. The van der Waals surface area contributed by atoms with E-state index in [1.807, 2.05) is 71.6 Å². The number of likely N-dealkylation sites (tertiary alicyclic amines) is 1. The zero-order valence-electron chi connectivity index (χ0n) is 39.3. The molecular weight excluding hydrogens is 839 g/mol. The Morgan fingerprint density at radius 1 is 0.769 bits per heavy atom. The average Bonchev–Trinajstić information content (AvgIpc) is 3.72. The van der Waals surface area contributed by atoms with Crippen LogP contribution in [0.2, 0.25) is 18.1 Å². The van der Waals surface area contributed by atoms with Gasteiger partial charge in [0.15, 0.2) is 8.32 Å². The van der Waals surface area contributed by atoms with Crippen molar-refractivity contribution in [2.45, 2.75) is 108 Å². The van der Waals surface area contributed by atoms with Gasteiger partial charge in [-0.3, -0.25) is 19.4 Å². The molecule has 4 aromatic carbocycles. The van der Waals surface area contributed by atoms with Crippen molar-refractivity contribution in [3.63, 3.8) is 0 Å². The number of nitrogens with one attached hydrogen (secondary N) is 1. The molecule has 1 aliphatic heterocycles. The third-order valence-corrected chi connectivity index (χ3v) is 17.1. The van der Waals surface area contributed by atoms with Gasteiger partial charge in [-0.25, -0.2) is 4.79 Å². The van der Waals surface area contributed by atoms with Crippen molar-refractivity contribution < 1.29 is 42.6 Å². The van der Waals surface area contributed by atoms with Crippen molar-refractivity contribution in [3.05, 3.63) is 131 Å². The summed E-state index contributed by atoms with van der Waals surface area (Å²) >= 11 is 0. The van der Waals surface area contributed by atoms with Gasteiger partial charge in [0.2, 0.25) is 17.6 Å². The molecule has 12 nitrogen and oxygen atoms in total. The van der Waals surface area contributed by atoms with E-state index in [0.29, 0.717) is 44.3 Å². The van der Waals surface area contributed by atoms with E-state index in [-0.39, 0.29) is 54.2 Å². The van der Waals surface area contributed by atoms with Crippen LogP contribution in [-0.4, -0.2) is 102 Å². The van der Waals surface area contributed by atoms with Gasteiger partial charge in [-0.1, -0.05) is 112 Å². The molecule has 0 spiro atoms. The molecule has 1 saturated heterocycles. The van der Waals surface area contributed by atoms with E-state index in [2.05, 4.69) is 56.3 Å². The number of rotatable bonds is 23. The van der Waals surface area contributed by atoms with Gasteiger partial charge in [-0.15, -0.1) is 0 Å². The second-order valence-corrected chi connectivity index (χ2v) is 22.8. The minimum Gasteiger partial charge on any atom is -0.497 e. The van der Waals surface area contributed by atoms with Crippen molar-refractivity contribution in [1.82, 2.24) is 10.2 Å². The van der Waals surface area contributed by atoms with Gasteiger partial charge in [0.05, 0.1) is 46.3 Å². The molecule has 0 aliphatic carbocycles. The Balaban J connectivity index is 1.24. The molecule has 4 aromatic rings. The molecule has 2 amide bonds. The van der Waals surface area contributed by atoms with Crippen LogP contribution in [0.3, 0.4) is 0 Å². The van der Waals surface area contributed by atoms with Crippen LogP contribution in [0.1, 0.15) is 92.8 Å². The number of methoxy groups -OCH3 is 3. The number of Topliss-reactive ketones (excluding diaryl/α,β-unsaturated/α-hetero) is 1. The molecule has 0 bridgehead atoms. The number of ketones is 1. The molecule has 1 fully saturated rings. The fraction of sp³-hybridized carbons (Fsp3) is 0.442. The van der Waals surface area contributed by atoms with E-state index in [0.717, 1.165) is 40.8 Å². The highest BCUT2D eigenvalue weighted by molar-refractivity contribution is 6.74. The predicted octanol–water partition coefficient (Wildman–Crippen LogP) is 8.96. The van der Waals surface area contributed by atoms with E-state index >= 15 is 0 Å². The topological polar surface area (TPSA) is 142 Å². The second-order valence-electron chi connectivity index (χ2n) is 18.0. The second kappa shape index (κ2) is 23.5. The maximum atomic E-state index is 14.2. The molecule has 0 saturated carbocycles. The Hall–Kier alpha value is -5.63. The number of hydrogen-bond acceptors (Lipinski definition) is 10. The number of hydrogen-bond donors (Lipinski definition) is 1. The molecule has 1 N–H and O–H groups in total. The maximum Gasteiger partial charge on any atom is 0.330 e. The summed E-state index contributed by atoms with van der Waals surface area (Å²) in [7, 11) is 2.37. The van der Waals surface area contributed by atoms with Crippen molar-refractivity contribution in [3.8, 4) is 11.5 Å². The number of amides is 2. The lowest BCUT2D eigenvalue weighted by molar-refractivity contribution is -0.142. The maximum absolute atomic E-state index is 14.2. The monoisotopic (exact) mass is 905 g/mol. The summed E-state index contributed by atoms with van der Waals surface area (Å²) in [6.45, 7) is 12.3. The van der Waals surface area contributed by atoms with Crippen molar-refractivity contribution in [2.75, 3.05) is 41.0 Å². The van der Waals surface area contributed by atoms with Crippen molar-refractivity contribution >= 4 is 38.1 Å². The number of esters is 1. The number of benzene rings is 4. The van der Waals surface area contributed by atoms with Crippen LogP contribution in [0, 0.1) is 0 Å². The van der Waals surface area contributed by atoms with Crippen molar-refractivity contribution in [1.29, 1.82) is 0 Å². The first-order valence-electron chi connectivity index (χ1n) is 22.5. The van der Waals surface area contributed by atoms with Crippen LogP contribution < -0.4 is 14.8 Å². The Labute approximate surface area is 386 Å². The number of nitrogens with zero attached hydrogens (tertiary/aromatic N) is 2. The van der Waals surface area contributed by atoms with Gasteiger partial charge in [-0.2, -0.15) is 0 Å². The lowest BCUT2D eigenvalue weighted by Crippen LogP contribution is -2.45. The highest BCUT2D eigenvalue weighted by Gasteiger charge is 2.45. The van der Waals surface area contributed by atoms with Gasteiger partial charge < -0.3 is 33.6 Å². The van der Waals surface area contributed by atoms with E-state index in [9.17, 15) is 19.2 Å². The molecule has 65 heavy (non-hydrogen) atoms. The zero-order valence-corrected chi connectivity index (χ0v) is 40.3. The molecule has 5 rings (SSSR count). The highest BCUT2D eigenvalue weighted by Crippen LogP contribution is 2.43. The average molecular weight is 906 g/mol. The summed E-state index contributed by atoms with van der Waals surface area (Å²) in [5.74, 6) is 0.321. The van der Waals surface area contributed by atoms with Gasteiger partial charge >= 0.3 is 5.97 Å². The van der Waals surface area contributed by atoms with Crippen LogP contribution >= 0.6 is 0 Å². The summed E-state index contributed by atoms with van der Waals surface area (Å²) in [5, 5.41) is 2.91. The predicted molar refractivity (Wildman–Crippen MR) is 256 cm³/mol. The molecule has 1 heterocycles. The Kier molecular flexibility index (Phi) is 18.2. The number of unbranched alkanes of at least 4 members (excludes halogenated alkanes) is 2. The van der Waals surface area contributed by atoms with Gasteiger partial charge in [0, 0.05) is 31.5 Å². The van der Waals surface area contributed by atoms with Crippen LogP contribution in [-0.2, 0) is 33.9 Å². The molecule has 1 aliphatic rings. The zero-order chi connectivity index (χ0) is 47.0. The van der Waals surface area contributed by atoms with Gasteiger partial charge in [0.25, 0.3) is 0 Å². The summed E-state index contributed by atoms with van der Waals surface area (Å²) in [6.07, 6.45) is 4.15. The van der Waals surface area contributed by atoms with Crippen molar-refractivity contribution in [2.24, 2.45) is 4.99 Å². The largest absolute Gasteiger partial charge is 0.497 e. The first kappa shape index (κ1) is 50.4. The number of carbonyl (C=O) groups is 4. The smallest absolute Gasteiger partial charge is 0.330 e. The molecule has 0 aromatic heterocycles. The lowest BCUT2D eigenvalue weighted by atomic mass is 9.80. The fourth-order valence-corrected chi connectivity index (χ4v) is 9.20. The third-order valence-electron chi connectivity index (χ3n) is 12.6. The summed E-state index contributed by atoms with van der Waals surface area (Å²) in [4.78, 5) is 57.9. The quantitative estimate of drug-likeness (QED) is 0.0193. The summed E-state index contributed by atoms with van der Waals surface area (Å²) < 4.78 is 30.2. The van der Waals surface area contributed by atoms with Gasteiger partial charge in [0.1, 0.15) is 23.1 Å². The SMILES string of the molecule is COC(=O)[C@@H](CCC(=O)NCCCCCC(=O)N1C[C@H](O[Si](C)(C)C(C)(C)C)C[C@H]1COC(c1ccccc1)(c1ccc(OC)cc1)c1ccc(OC)cc1)N=CC(=O)c1ccccc1. The fourth-order valence-electron chi connectivity index (χ4n) is 7.84.